The molecule has 0 unspecified atom stereocenters. The molecule has 0 amide bonds. The Kier molecular flexibility index (Phi) is 3.74. The first-order valence-corrected chi connectivity index (χ1v) is 6.18. The average Bonchev–Trinajstić information content (AvgIpc) is 2.33. The molecule has 3 heteroatoms. The van der Waals surface area contributed by atoms with Crippen LogP contribution in [0.4, 0.5) is 10.1 Å². The maximum atomic E-state index is 13.4. The lowest BCUT2D eigenvalue weighted by Gasteiger charge is -2.12. The van der Waals surface area contributed by atoms with Gasteiger partial charge in [0.15, 0.2) is 0 Å². The number of anilines is 1. The molecule has 0 bridgehead atoms. The van der Waals surface area contributed by atoms with E-state index in [1.54, 1.807) is 19.2 Å². The summed E-state index contributed by atoms with van der Waals surface area (Å²) in [6, 6.07) is 8.82. The van der Waals surface area contributed by atoms with Crippen LogP contribution in [0.2, 0.25) is 0 Å². The van der Waals surface area contributed by atoms with Gasteiger partial charge in [0, 0.05) is 11.8 Å². The summed E-state index contributed by atoms with van der Waals surface area (Å²) < 4.78 is 18.6. The van der Waals surface area contributed by atoms with Crippen molar-refractivity contribution in [2.75, 3.05) is 12.8 Å². The average molecular weight is 259 g/mol. The Morgan fingerprint density at radius 2 is 1.84 bits per heavy atom. The summed E-state index contributed by atoms with van der Waals surface area (Å²) in [5.74, 6) is 0.523. The van der Waals surface area contributed by atoms with Gasteiger partial charge in [-0.2, -0.15) is 0 Å². The van der Waals surface area contributed by atoms with Crippen molar-refractivity contribution in [3.8, 4) is 5.75 Å². The van der Waals surface area contributed by atoms with Crippen molar-refractivity contribution in [3.63, 3.8) is 0 Å². The second kappa shape index (κ2) is 5.31. The first kappa shape index (κ1) is 13.4. The van der Waals surface area contributed by atoms with Gasteiger partial charge in [-0.25, -0.2) is 4.39 Å². The van der Waals surface area contributed by atoms with Crippen molar-refractivity contribution >= 4 is 5.69 Å². The number of halogens is 1. The fraction of sp³-hybridized carbons (Fsp3) is 0.250. The van der Waals surface area contributed by atoms with Crippen molar-refractivity contribution in [1.82, 2.24) is 0 Å². The fourth-order valence-corrected chi connectivity index (χ4v) is 2.20. The quantitative estimate of drug-likeness (QED) is 0.854. The molecule has 0 fully saturated rings. The van der Waals surface area contributed by atoms with Gasteiger partial charge in [-0.15, -0.1) is 0 Å². The molecule has 100 valence electrons. The molecule has 0 saturated carbocycles. The summed E-state index contributed by atoms with van der Waals surface area (Å²) in [7, 11) is 1.61. The van der Waals surface area contributed by atoms with Crippen molar-refractivity contribution in [2.24, 2.45) is 0 Å². The number of hydrogen-bond acceptors (Lipinski definition) is 2. The van der Waals surface area contributed by atoms with Crippen LogP contribution in [0.15, 0.2) is 30.3 Å². The van der Waals surface area contributed by atoms with Gasteiger partial charge < -0.3 is 10.5 Å². The minimum atomic E-state index is -0.205. The second-order valence-corrected chi connectivity index (χ2v) is 4.81. The monoisotopic (exact) mass is 259 g/mol. The summed E-state index contributed by atoms with van der Waals surface area (Å²) in [6.07, 6.45) is 0.645. The lowest BCUT2D eigenvalue weighted by molar-refractivity contribution is 0.414. The number of methoxy groups -OCH3 is 1. The predicted molar refractivity (Wildman–Crippen MR) is 76.1 cm³/mol. The molecule has 0 atom stereocenters. The molecule has 0 heterocycles. The van der Waals surface area contributed by atoms with Crippen molar-refractivity contribution in [3.05, 3.63) is 58.4 Å². The molecule has 2 N–H and O–H groups in total. The minimum Gasteiger partial charge on any atom is -0.497 e. The number of benzene rings is 2. The highest BCUT2D eigenvalue weighted by Crippen LogP contribution is 2.26. The summed E-state index contributed by atoms with van der Waals surface area (Å²) in [5.41, 5.74) is 10.6. The smallest absolute Gasteiger partial charge is 0.123 e. The zero-order valence-electron chi connectivity index (χ0n) is 11.5. The summed E-state index contributed by atoms with van der Waals surface area (Å²) in [4.78, 5) is 0. The Morgan fingerprint density at radius 1 is 1.11 bits per heavy atom. The van der Waals surface area contributed by atoms with Gasteiger partial charge in [0.05, 0.1) is 7.11 Å². The van der Waals surface area contributed by atoms with Crippen LogP contribution in [-0.2, 0) is 6.42 Å². The number of rotatable bonds is 3. The zero-order chi connectivity index (χ0) is 14.0. The molecule has 2 aromatic carbocycles. The van der Waals surface area contributed by atoms with E-state index in [9.17, 15) is 4.39 Å². The summed E-state index contributed by atoms with van der Waals surface area (Å²) in [6.45, 7) is 3.86. The third-order valence-corrected chi connectivity index (χ3v) is 3.26. The topological polar surface area (TPSA) is 35.2 Å². The molecule has 2 aromatic rings. The van der Waals surface area contributed by atoms with Crippen LogP contribution in [0.3, 0.4) is 0 Å². The molecule has 0 aromatic heterocycles. The highest BCUT2D eigenvalue weighted by molar-refractivity contribution is 5.56. The number of ether oxygens (including phenoxy) is 1. The lowest BCUT2D eigenvalue weighted by atomic mass is 9.98. The Hall–Kier alpha value is -2.03. The van der Waals surface area contributed by atoms with E-state index in [0.717, 1.165) is 28.0 Å². The van der Waals surface area contributed by atoms with Crippen LogP contribution in [0, 0.1) is 19.7 Å². The normalized spacial score (nSPS) is 10.5. The van der Waals surface area contributed by atoms with E-state index >= 15 is 0 Å². The number of nitrogen functional groups attached to an aromatic ring is 1. The Labute approximate surface area is 113 Å². The molecular weight excluding hydrogens is 241 g/mol. The van der Waals surface area contributed by atoms with E-state index in [1.807, 2.05) is 26.0 Å². The Morgan fingerprint density at radius 3 is 2.47 bits per heavy atom. The molecule has 0 spiro atoms. The molecule has 0 radical (unpaired) electrons. The van der Waals surface area contributed by atoms with Gasteiger partial charge >= 0.3 is 0 Å². The largest absolute Gasteiger partial charge is 0.497 e. The maximum Gasteiger partial charge on any atom is 0.123 e. The van der Waals surface area contributed by atoms with Crippen LogP contribution in [0.25, 0.3) is 0 Å². The molecule has 2 rings (SSSR count). The minimum absolute atomic E-state index is 0.205. The number of hydrogen-bond donors (Lipinski definition) is 1. The number of nitrogens with two attached hydrogens (primary N) is 1. The van der Waals surface area contributed by atoms with Gasteiger partial charge in [0.2, 0.25) is 0 Å². The van der Waals surface area contributed by atoms with Gasteiger partial charge in [-0.1, -0.05) is 6.07 Å². The first-order chi connectivity index (χ1) is 8.99. The molecule has 19 heavy (non-hydrogen) atoms. The molecular formula is C16H18FNO. The lowest BCUT2D eigenvalue weighted by Crippen LogP contribution is -1.99. The van der Waals surface area contributed by atoms with E-state index < -0.39 is 0 Å². The molecule has 0 aliphatic carbocycles. The highest BCUT2D eigenvalue weighted by atomic mass is 19.1. The standard InChI is InChI=1S/C16H18FNO/c1-10-4-12(7-14(17)5-10)6-13-8-15(19-3)9-16(18)11(13)2/h4-5,7-9H,6,18H2,1-3H3. The van der Waals surface area contributed by atoms with Gasteiger partial charge in [-0.05, 0) is 60.7 Å². The summed E-state index contributed by atoms with van der Waals surface area (Å²) >= 11 is 0. The van der Waals surface area contributed by atoms with E-state index in [0.29, 0.717) is 12.1 Å². The Balaban J connectivity index is 2.39. The molecule has 0 aliphatic rings. The number of aryl methyl sites for hydroxylation is 1. The second-order valence-electron chi connectivity index (χ2n) is 4.81. The predicted octanol–water partition coefficient (Wildman–Crippen LogP) is 3.62. The van der Waals surface area contributed by atoms with E-state index in [2.05, 4.69) is 0 Å². The van der Waals surface area contributed by atoms with E-state index in [-0.39, 0.29) is 5.82 Å². The van der Waals surface area contributed by atoms with Crippen molar-refractivity contribution < 1.29 is 9.13 Å². The van der Waals surface area contributed by atoms with E-state index in [1.165, 1.54) is 6.07 Å². The zero-order valence-corrected chi connectivity index (χ0v) is 11.5. The fourth-order valence-electron chi connectivity index (χ4n) is 2.20. The highest BCUT2D eigenvalue weighted by Gasteiger charge is 2.07. The molecule has 0 saturated heterocycles. The maximum absolute atomic E-state index is 13.4. The van der Waals surface area contributed by atoms with Crippen molar-refractivity contribution in [2.45, 2.75) is 20.3 Å². The Bertz CT molecular complexity index is 588. The van der Waals surface area contributed by atoms with Crippen LogP contribution >= 0.6 is 0 Å². The van der Waals surface area contributed by atoms with E-state index in [4.69, 9.17) is 10.5 Å². The van der Waals surface area contributed by atoms with Crippen LogP contribution in [0.1, 0.15) is 22.3 Å². The third kappa shape index (κ3) is 3.05. The SMILES string of the molecule is COc1cc(N)c(C)c(Cc2cc(C)cc(F)c2)c1. The van der Waals surface area contributed by atoms with Gasteiger partial charge in [0.25, 0.3) is 0 Å². The molecule has 0 aliphatic heterocycles. The summed E-state index contributed by atoms with van der Waals surface area (Å²) in [5, 5.41) is 0. The van der Waals surface area contributed by atoms with Gasteiger partial charge in [-0.3, -0.25) is 0 Å². The van der Waals surface area contributed by atoms with Crippen molar-refractivity contribution in [1.29, 1.82) is 0 Å². The third-order valence-electron chi connectivity index (χ3n) is 3.26. The van der Waals surface area contributed by atoms with Gasteiger partial charge in [0.1, 0.15) is 11.6 Å². The first-order valence-electron chi connectivity index (χ1n) is 6.18. The van der Waals surface area contributed by atoms with Crippen LogP contribution < -0.4 is 10.5 Å². The van der Waals surface area contributed by atoms with Crippen LogP contribution in [-0.4, -0.2) is 7.11 Å². The molecule has 2 nitrogen and oxygen atoms in total. The van der Waals surface area contributed by atoms with Crippen LogP contribution in [0.5, 0.6) is 5.75 Å².